The Morgan fingerprint density at radius 1 is 1.07 bits per heavy atom. The molecule has 0 spiro atoms. The Balaban J connectivity index is 2.21. The number of esters is 2. The average molecular weight is 365 g/mol. The first kappa shape index (κ1) is 18.7. The number of fused-ring (bicyclic) bond motifs is 1. The van der Waals surface area contributed by atoms with Crippen molar-refractivity contribution in [3.05, 3.63) is 59.8 Å². The molecule has 5 heteroatoms. The van der Waals surface area contributed by atoms with E-state index < -0.39 is 0 Å². The molecule has 0 saturated carbocycles. The lowest BCUT2D eigenvalue weighted by Gasteiger charge is -2.09. The second-order valence-electron chi connectivity index (χ2n) is 6.61. The van der Waals surface area contributed by atoms with Gasteiger partial charge in [-0.1, -0.05) is 32.0 Å². The number of carbonyl (C=O) groups excluding carboxylic acids is 2. The second-order valence-corrected chi connectivity index (χ2v) is 6.61. The summed E-state index contributed by atoms with van der Waals surface area (Å²) in [4.78, 5) is 24.6. The highest BCUT2D eigenvalue weighted by Gasteiger charge is 2.23. The minimum atomic E-state index is -0.387. The molecule has 0 aliphatic rings. The van der Waals surface area contributed by atoms with Gasteiger partial charge in [0.2, 0.25) is 0 Å². The van der Waals surface area contributed by atoms with Gasteiger partial charge in [-0.3, -0.25) is 4.79 Å². The van der Waals surface area contributed by atoms with Gasteiger partial charge in [0.15, 0.2) is 0 Å². The zero-order chi connectivity index (χ0) is 19.6. The van der Waals surface area contributed by atoms with Gasteiger partial charge in [-0.25, -0.2) is 4.79 Å². The maximum Gasteiger partial charge on any atom is 0.340 e. The number of rotatable bonds is 5. The van der Waals surface area contributed by atoms with Crippen molar-refractivity contribution in [2.45, 2.75) is 27.7 Å². The number of carbonyl (C=O) groups is 2. The van der Waals surface area contributed by atoms with E-state index in [1.807, 2.05) is 47.9 Å². The molecule has 1 aromatic heterocycles. The average Bonchev–Trinajstić information content (AvgIpc) is 2.93. The zero-order valence-corrected chi connectivity index (χ0v) is 16.0. The van der Waals surface area contributed by atoms with E-state index in [0.717, 1.165) is 16.9 Å². The fourth-order valence-corrected chi connectivity index (χ4v) is 3.07. The number of para-hydroxylation sites is 1. The second kappa shape index (κ2) is 7.66. The molecule has 0 unspecified atom stereocenters. The van der Waals surface area contributed by atoms with E-state index >= 15 is 0 Å². The highest BCUT2D eigenvalue weighted by molar-refractivity contribution is 6.07. The lowest BCUT2D eigenvalue weighted by molar-refractivity contribution is -0.137. The number of hydrogen-bond acceptors (Lipinski definition) is 4. The van der Waals surface area contributed by atoms with E-state index in [2.05, 4.69) is 0 Å². The lowest BCUT2D eigenvalue weighted by atomic mass is 10.1. The van der Waals surface area contributed by atoms with Crippen LogP contribution in [0.5, 0.6) is 5.75 Å². The van der Waals surface area contributed by atoms with Crippen molar-refractivity contribution in [1.82, 2.24) is 4.57 Å². The van der Waals surface area contributed by atoms with Gasteiger partial charge in [-0.2, -0.15) is 0 Å². The van der Waals surface area contributed by atoms with Crippen LogP contribution in [-0.2, 0) is 9.53 Å². The minimum absolute atomic E-state index is 0.235. The quantitative estimate of drug-likeness (QED) is 0.487. The van der Waals surface area contributed by atoms with Crippen molar-refractivity contribution < 1.29 is 19.1 Å². The van der Waals surface area contributed by atoms with Crippen LogP contribution in [0, 0.1) is 12.8 Å². The fraction of sp³-hybridized carbons (Fsp3) is 0.273. The summed E-state index contributed by atoms with van der Waals surface area (Å²) in [5.41, 5.74) is 3.06. The van der Waals surface area contributed by atoms with Crippen LogP contribution in [0.4, 0.5) is 0 Å². The maximum absolute atomic E-state index is 12.6. The van der Waals surface area contributed by atoms with Crippen LogP contribution in [-0.4, -0.2) is 23.1 Å². The molecule has 0 saturated heterocycles. The topological polar surface area (TPSA) is 57.5 Å². The third-order valence-corrected chi connectivity index (χ3v) is 4.36. The van der Waals surface area contributed by atoms with Gasteiger partial charge in [0.05, 0.1) is 23.6 Å². The summed E-state index contributed by atoms with van der Waals surface area (Å²) in [6.07, 6.45) is 0. The molecule has 27 heavy (non-hydrogen) atoms. The number of aromatic nitrogens is 1. The molecule has 0 atom stereocenters. The van der Waals surface area contributed by atoms with E-state index in [4.69, 9.17) is 9.47 Å². The van der Waals surface area contributed by atoms with Crippen molar-refractivity contribution >= 4 is 22.8 Å². The number of ether oxygens (including phenoxy) is 2. The van der Waals surface area contributed by atoms with Gasteiger partial charge in [-0.15, -0.1) is 0 Å². The third-order valence-electron chi connectivity index (χ3n) is 4.36. The Bertz CT molecular complexity index is 986. The molecule has 3 aromatic rings. The highest BCUT2D eigenvalue weighted by Crippen LogP contribution is 2.32. The van der Waals surface area contributed by atoms with E-state index in [9.17, 15) is 9.59 Å². The molecule has 0 aliphatic heterocycles. The van der Waals surface area contributed by atoms with Crippen LogP contribution in [0.25, 0.3) is 16.6 Å². The summed E-state index contributed by atoms with van der Waals surface area (Å²) in [6.45, 7) is 7.51. The number of hydrogen-bond donors (Lipinski definition) is 0. The number of benzene rings is 2. The van der Waals surface area contributed by atoms with Crippen molar-refractivity contribution in [3.63, 3.8) is 0 Å². The van der Waals surface area contributed by atoms with Gasteiger partial charge >= 0.3 is 11.9 Å². The predicted octanol–water partition coefficient (Wildman–Crippen LogP) is 4.68. The Morgan fingerprint density at radius 2 is 1.78 bits per heavy atom. The summed E-state index contributed by atoms with van der Waals surface area (Å²) in [7, 11) is 0. The smallest absolute Gasteiger partial charge is 0.340 e. The van der Waals surface area contributed by atoms with Gasteiger partial charge in [-0.05, 0) is 44.2 Å². The standard InChI is InChI=1S/C22H23NO4/c1-5-26-22(25)20-15(4)23(16-9-7-6-8-10-16)19-12-11-17(13-18(19)20)27-21(24)14(2)3/h6-14H,5H2,1-4H3. The molecule has 0 radical (unpaired) electrons. The molecular formula is C22H23NO4. The third kappa shape index (κ3) is 3.58. The molecule has 0 amide bonds. The van der Waals surface area contributed by atoms with Crippen molar-refractivity contribution in [2.24, 2.45) is 5.92 Å². The summed E-state index contributed by atoms with van der Waals surface area (Å²) in [5.74, 6) is -0.522. The van der Waals surface area contributed by atoms with Crippen molar-refractivity contribution in [3.8, 4) is 11.4 Å². The van der Waals surface area contributed by atoms with Gasteiger partial charge in [0.1, 0.15) is 5.75 Å². The molecule has 2 aromatic carbocycles. The number of nitrogens with zero attached hydrogens (tertiary/aromatic N) is 1. The van der Waals surface area contributed by atoms with Crippen LogP contribution in [0.1, 0.15) is 36.8 Å². The normalized spacial score (nSPS) is 11.0. The van der Waals surface area contributed by atoms with Crippen LogP contribution >= 0.6 is 0 Å². The first-order valence-electron chi connectivity index (χ1n) is 9.03. The predicted molar refractivity (Wildman–Crippen MR) is 104 cm³/mol. The molecule has 0 bridgehead atoms. The molecule has 140 valence electrons. The molecule has 0 fully saturated rings. The molecule has 1 heterocycles. The maximum atomic E-state index is 12.6. The Hall–Kier alpha value is -3.08. The van der Waals surface area contributed by atoms with E-state index in [1.165, 1.54) is 0 Å². The first-order valence-corrected chi connectivity index (χ1v) is 9.03. The zero-order valence-electron chi connectivity index (χ0n) is 16.0. The molecule has 0 aliphatic carbocycles. The van der Waals surface area contributed by atoms with E-state index in [-0.39, 0.29) is 24.5 Å². The molecule has 3 rings (SSSR count). The van der Waals surface area contributed by atoms with Crippen molar-refractivity contribution in [1.29, 1.82) is 0 Å². The summed E-state index contributed by atoms with van der Waals surface area (Å²) in [6, 6.07) is 15.1. The monoisotopic (exact) mass is 365 g/mol. The van der Waals surface area contributed by atoms with Crippen LogP contribution in [0.15, 0.2) is 48.5 Å². The van der Waals surface area contributed by atoms with Gasteiger partial charge in [0.25, 0.3) is 0 Å². The van der Waals surface area contributed by atoms with Crippen LogP contribution < -0.4 is 4.74 Å². The Labute approximate surface area is 158 Å². The van der Waals surface area contributed by atoms with Crippen LogP contribution in [0.2, 0.25) is 0 Å². The van der Waals surface area contributed by atoms with E-state index in [1.54, 1.807) is 32.9 Å². The molecular weight excluding hydrogens is 342 g/mol. The Morgan fingerprint density at radius 3 is 2.41 bits per heavy atom. The van der Waals surface area contributed by atoms with Crippen LogP contribution in [0.3, 0.4) is 0 Å². The summed E-state index contributed by atoms with van der Waals surface area (Å²) in [5, 5.41) is 0.698. The lowest BCUT2D eigenvalue weighted by Crippen LogP contribution is -2.14. The minimum Gasteiger partial charge on any atom is -0.462 e. The SMILES string of the molecule is CCOC(=O)c1c(C)n(-c2ccccc2)c2ccc(OC(=O)C(C)C)cc12. The van der Waals surface area contributed by atoms with Gasteiger partial charge < -0.3 is 14.0 Å². The summed E-state index contributed by atoms with van der Waals surface area (Å²) >= 11 is 0. The largest absolute Gasteiger partial charge is 0.462 e. The highest BCUT2D eigenvalue weighted by atomic mass is 16.5. The van der Waals surface area contributed by atoms with Crippen molar-refractivity contribution in [2.75, 3.05) is 6.61 Å². The molecule has 5 nitrogen and oxygen atoms in total. The first-order chi connectivity index (χ1) is 12.9. The van der Waals surface area contributed by atoms with Gasteiger partial charge in [0, 0.05) is 16.8 Å². The Kier molecular flexibility index (Phi) is 5.31. The van der Waals surface area contributed by atoms with E-state index in [0.29, 0.717) is 16.7 Å². The summed E-state index contributed by atoms with van der Waals surface area (Å²) < 4.78 is 12.7. The molecule has 0 N–H and O–H groups in total. The fourth-order valence-electron chi connectivity index (χ4n) is 3.07.